The molecule has 0 aromatic heterocycles. The molecule has 0 atom stereocenters. The van der Waals surface area contributed by atoms with Gasteiger partial charge in [0.15, 0.2) is 0 Å². The van der Waals surface area contributed by atoms with Crippen LogP contribution in [0.1, 0.15) is 24.0 Å². The molecule has 0 aliphatic carbocycles. The van der Waals surface area contributed by atoms with Crippen molar-refractivity contribution in [1.29, 1.82) is 0 Å². The molecule has 0 spiro atoms. The highest BCUT2D eigenvalue weighted by Gasteiger charge is 2.16. The molecule has 1 aliphatic heterocycles. The summed E-state index contributed by atoms with van der Waals surface area (Å²) in [7, 11) is 0. The molecule has 0 radical (unpaired) electrons. The van der Waals surface area contributed by atoms with Crippen LogP contribution in [0.25, 0.3) is 0 Å². The van der Waals surface area contributed by atoms with Crippen LogP contribution in [-0.2, 0) is 11.2 Å². The Morgan fingerprint density at radius 2 is 2.25 bits per heavy atom. The third-order valence-corrected chi connectivity index (χ3v) is 2.36. The number of rotatable bonds is 1. The predicted octanol–water partition coefficient (Wildman–Crippen LogP) is 1.27. The van der Waals surface area contributed by atoms with Crippen LogP contribution in [0, 0.1) is 11.8 Å². The third kappa shape index (κ3) is 2.41. The van der Waals surface area contributed by atoms with Crippen molar-refractivity contribution in [2.75, 3.05) is 6.61 Å². The Balaban J connectivity index is 2.22. The van der Waals surface area contributed by atoms with Gasteiger partial charge < -0.3 is 9.84 Å². The summed E-state index contributed by atoms with van der Waals surface area (Å²) < 4.78 is 5.12. The predicted molar refractivity (Wildman–Crippen MR) is 59.0 cm³/mol. The van der Waals surface area contributed by atoms with Gasteiger partial charge in [0, 0.05) is 12.0 Å². The van der Waals surface area contributed by atoms with E-state index >= 15 is 0 Å². The minimum Gasteiger partial charge on any atom is -0.426 e. The van der Waals surface area contributed by atoms with Gasteiger partial charge in [-0.05, 0) is 24.1 Å². The van der Waals surface area contributed by atoms with Crippen molar-refractivity contribution in [3.8, 4) is 17.6 Å². The molecule has 1 heterocycles. The molecule has 1 aromatic carbocycles. The standard InChI is InChI=1S/C13H12O3/c14-8-2-1-3-10-4-5-11-6-7-13(15)16-12(11)9-10/h4-5,9,14H,2,6-8H2. The number of aryl methyl sites for hydroxylation is 1. The van der Waals surface area contributed by atoms with Crippen LogP contribution in [-0.4, -0.2) is 17.7 Å². The Hall–Kier alpha value is -1.79. The van der Waals surface area contributed by atoms with Crippen molar-refractivity contribution in [3.05, 3.63) is 29.3 Å². The average molecular weight is 216 g/mol. The van der Waals surface area contributed by atoms with Crippen molar-refractivity contribution in [2.24, 2.45) is 0 Å². The molecule has 3 nitrogen and oxygen atoms in total. The molecule has 2 rings (SSSR count). The number of carbonyl (C=O) groups is 1. The first-order valence-corrected chi connectivity index (χ1v) is 5.23. The van der Waals surface area contributed by atoms with Gasteiger partial charge in [0.1, 0.15) is 5.75 Å². The lowest BCUT2D eigenvalue weighted by Crippen LogP contribution is -2.15. The number of hydrogen-bond donors (Lipinski definition) is 1. The molecular formula is C13H12O3. The Labute approximate surface area is 94.0 Å². The maximum absolute atomic E-state index is 11.1. The first kappa shape index (κ1) is 10.7. The first-order valence-electron chi connectivity index (χ1n) is 5.23. The monoisotopic (exact) mass is 216 g/mol. The second kappa shape index (κ2) is 4.82. The fourth-order valence-electron chi connectivity index (χ4n) is 1.56. The quantitative estimate of drug-likeness (QED) is 0.437. The molecular weight excluding hydrogens is 204 g/mol. The second-order valence-electron chi connectivity index (χ2n) is 3.57. The first-order chi connectivity index (χ1) is 7.79. The van der Waals surface area contributed by atoms with Gasteiger partial charge in [-0.2, -0.15) is 0 Å². The molecule has 0 amide bonds. The molecule has 0 bridgehead atoms. The maximum atomic E-state index is 11.1. The second-order valence-corrected chi connectivity index (χ2v) is 3.57. The van der Waals surface area contributed by atoms with Gasteiger partial charge in [-0.3, -0.25) is 4.79 Å². The van der Waals surface area contributed by atoms with Crippen LogP contribution in [0.3, 0.4) is 0 Å². The highest BCUT2D eigenvalue weighted by molar-refractivity contribution is 5.75. The van der Waals surface area contributed by atoms with Crippen molar-refractivity contribution in [3.63, 3.8) is 0 Å². The lowest BCUT2D eigenvalue weighted by molar-refractivity contribution is -0.135. The summed E-state index contributed by atoms with van der Waals surface area (Å²) in [6.07, 6.45) is 1.64. The Morgan fingerprint density at radius 1 is 1.38 bits per heavy atom. The molecule has 1 N–H and O–H groups in total. The third-order valence-electron chi connectivity index (χ3n) is 2.36. The van der Waals surface area contributed by atoms with Crippen molar-refractivity contribution in [2.45, 2.75) is 19.3 Å². The van der Waals surface area contributed by atoms with Gasteiger partial charge in [0.25, 0.3) is 0 Å². The van der Waals surface area contributed by atoms with E-state index in [0.717, 1.165) is 17.5 Å². The van der Waals surface area contributed by atoms with Crippen LogP contribution in [0.5, 0.6) is 5.75 Å². The van der Waals surface area contributed by atoms with Gasteiger partial charge in [-0.15, -0.1) is 0 Å². The van der Waals surface area contributed by atoms with Crippen molar-refractivity contribution >= 4 is 5.97 Å². The molecule has 1 aliphatic rings. The zero-order valence-electron chi connectivity index (χ0n) is 8.82. The van der Waals surface area contributed by atoms with E-state index in [1.807, 2.05) is 12.1 Å². The number of fused-ring (bicyclic) bond motifs is 1. The van der Waals surface area contributed by atoms with E-state index in [9.17, 15) is 4.79 Å². The fourth-order valence-corrected chi connectivity index (χ4v) is 1.56. The molecule has 1 aromatic rings. The van der Waals surface area contributed by atoms with Crippen molar-refractivity contribution < 1.29 is 14.6 Å². The van der Waals surface area contributed by atoms with E-state index in [1.54, 1.807) is 6.07 Å². The number of aliphatic hydroxyl groups excluding tert-OH is 1. The molecule has 0 unspecified atom stereocenters. The number of aliphatic hydroxyl groups is 1. The van der Waals surface area contributed by atoms with Gasteiger partial charge in [-0.25, -0.2) is 0 Å². The van der Waals surface area contributed by atoms with Crippen LogP contribution in [0.15, 0.2) is 18.2 Å². The van der Waals surface area contributed by atoms with Crippen LogP contribution in [0.4, 0.5) is 0 Å². The zero-order chi connectivity index (χ0) is 11.4. The number of benzene rings is 1. The van der Waals surface area contributed by atoms with Crippen LogP contribution >= 0.6 is 0 Å². The number of carbonyl (C=O) groups excluding carboxylic acids is 1. The van der Waals surface area contributed by atoms with Crippen LogP contribution in [0.2, 0.25) is 0 Å². The summed E-state index contributed by atoms with van der Waals surface area (Å²) in [5.74, 6) is 6.17. The average Bonchev–Trinajstić information content (AvgIpc) is 2.29. The van der Waals surface area contributed by atoms with Crippen LogP contribution < -0.4 is 4.74 Å². The highest BCUT2D eigenvalue weighted by Crippen LogP contribution is 2.25. The Morgan fingerprint density at radius 3 is 3.06 bits per heavy atom. The number of esters is 1. The molecule has 82 valence electrons. The highest BCUT2D eigenvalue weighted by atomic mass is 16.5. The molecule has 0 fully saturated rings. The van der Waals surface area contributed by atoms with Gasteiger partial charge in [0.05, 0.1) is 13.0 Å². The Kier molecular flexibility index (Phi) is 3.23. The number of ether oxygens (including phenoxy) is 1. The van der Waals surface area contributed by atoms with Gasteiger partial charge in [-0.1, -0.05) is 17.9 Å². The van der Waals surface area contributed by atoms with E-state index < -0.39 is 0 Å². The topological polar surface area (TPSA) is 46.5 Å². The summed E-state index contributed by atoms with van der Waals surface area (Å²) >= 11 is 0. The molecule has 16 heavy (non-hydrogen) atoms. The molecule has 0 saturated carbocycles. The largest absolute Gasteiger partial charge is 0.426 e. The molecule has 3 heteroatoms. The smallest absolute Gasteiger partial charge is 0.311 e. The van der Waals surface area contributed by atoms with Gasteiger partial charge >= 0.3 is 5.97 Å². The minimum absolute atomic E-state index is 0.0624. The van der Waals surface area contributed by atoms with E-state index in [4.69, 9.17) is 9.84 Å². The summed E-state index contributed by atoms with van der Waals surface area (Å²) in [5, 5.41) is 8.60. The number of hydrogen-bond acceptors (Lipinski definition) is 3. The summed E-state index contributed by atoms with van der Waals surface area (Å²) in [6, 6.07) is 5.61. The zero-order valence-corrected chi connectivity index (χ0v) is 8.82. The van der Waals surface area contributed by atoms with E-state index in [1.165, 1.54) is 0 Å². The Bertz CT molecular complexity index is 466. The lowest BCUT2D eigenvalue weighted by Gasteiger charge is -2.15. The van der Waals surface area contributed by atoms with Crippen molar-refractivity contribution in [1.82, 2.24) is 0 Å². The van der Waals surface area contributed by atoms with E-state index in [0.29, 0.717) is 18.6 Å². The summed E-state index contributed by atoms with van der Waals surface area (Å²) in [6.45, 7) is 0.0624. The summed E-state index contributed by atoms with van der Waals surface area (Å²) in [5.41, 5.74) is 1.86. The maximum Gasteiger partial charge on any atom is 0.311 e. The SMILES string of the molecule is O=C1CCc2ccc(C#CCCO)cc2O1. The lowest BCUT2D eigenvalue weighted by atomic mass is 10.0. The molecule has 0 saturated heterocycles. The van der Waals surface area contributed by atoms with E-state index in [-0.39, 0.29) is 12.6 Å². The van der Waals surface area contributed by atoms with Gasteiger partial charge in [0.2, 0.25) is 0 Å². The van der Waals surface area contributed by atoms with E-state index in [2.05, 4.69) is 11.8 Å². The normalized spacial score (nSPS) is 13.4. The fraction of sp³-hybridized carbons (Fsp3) is 0.308. The minimum atomic E-state index is -0.187. The summed E-state index contributed by atoms with van der Waals surface area (Å²) in [4.78, 5) is 11.1.